The average Bonchev–Trinajstić information content (AvgIpc) is 2.18. The first-order valence-corrected chi connectivity index (χ1v) is 4.82. The maximum atomic E-state index is 11.6. The summed E-state index contributed by atoms with van der Waals surface area (Å²) in [7, 11) is 0. The van der Waals surface area contributed by atoms with Crippen LogP contribution >= 0.6 is 11.6 Å². The van der Waals surface area contributed by atoms with Gasteiger partial charge in [-0.3, -0.25) is 4.79 Å². The van der Waals surface area contributed by atoms with Crippen molar-refractivity contribution in [3.8, 4) is 0 Å². The second kappa shape index (κ2) is 4.98. The maximum Gasteiger partial charge on any atom is 0.165 e. The van der Waals surface area contributed by atoms with Crippen molar-refractivity contribution in [2.45, 2.75) is 12.8 Å². The van der Waals surface area contributed by atoms with E-state index in [9.17, 15) is 4.79 Å². The fraction of sp³-hybridized carbons (Fsp3) is 0.300. The van der Waals surface area contributed by atoms with Crippen LogP contribution in [-0.4, -0.2) is 12.3 Å². The van der Waals surface area contributed by atoms with Gasteiger partial charge in [0.2, 0.25) is 0 Å². The van der Waals surface area contributed by atoms with Crippen LogP contribution in [0.15, 0.2) is 18.2 Å². The highest BCUT2D eigenvalue weighted by Gasteiger charge is 2.10. The summed E-state index contributed by atoms with van der Waals surface area (Å²) in [6.07, 6.45) is 1.09. The molecule has 1 aromatic carbocycles. The predicted octanol–water partition coefficient (Wildman–Crippen LogP) is 1.84. The van der Waals surface area contributed by atoms with Gasteiger partial charge in [-0.1, -0.05) is 17.7 Å². The van der Waals surface area contributed by atoms with Crippen LogP contribution in [0, 0.1) is 0 Å². The van der Waals surface area contributed by atoms with E-state index < -0.39 is 0 Å². The van der Waals surface area contributed by atoms with Crippen molar-refractivity contribution in [2.24, 2.45) is 5.73 Å². The maximum absolute atomic E-state index is 11.6. The first-order chi connectivity index (χ1) is 6.66. The molecule has 0 fully saturated rings. The summed E-state index contributed by atoms with van der Waals surface area (Å²) >= 11 is 5.79. The van der Waals surface area contributed by atoms with Gasteiger partial charge in [0, 0.05) is 12.0 Å². The van der Waals surface area contributed by atoms with E-state index in [1.165, 1.54) is 0 Å². The molecule has 0 amide bonds. The Bertz CT molecular complexity index is 339. The summed E-state index contributed by atoms with van der Waals surface area (Å²) in [5, 5.41) is 0.420. The zero-order valence-electron chi connectivity index (χ0n) is 7.79. The number of Topliss-reactive ketones (excluding diaryl/α,β-unsaturated/α-hetero) is 1. The van der Waals surface area contributed by atoms with Crippen molar-refractivity contribution in [1.29, 1.82) is 0 Å². The number of carbonyl (C=O) groups excluding carboxylic acids is 1. The van der Waals surface area contributed by atoms with E-state index >= 15 is 0 Å². The van der Waals surface area contributed by atoms with E-state index in [-0.39, 0.29) is 5.78 Å². The number of para-hydroxylation sites is 1. The molecule has 0 saturated heterocycles. The first-order valence-electron chi connectivity index (χ1n) is 4.44. The quantitative estimate of drug-likeness (QED) is 0.591. The van der Waals surface area contributed by atoms with Crippen molar-refractivity contribution in [2.75, 3.05) is 12.3 Å². The molecule has 0 atom stereocenters. The van der Waals surface area contributed by atoms with Crippen LogP contribution in [0.25, 0.3) is 0 Å². The molecule has 1 rings (SSSR count). The SMILES string of the molecule is NCCCC(=O)c1cccc(Cl)c1N. The van der Waals surface area contributed by atoms with Gasteiger partial charge in [0.15, 0.2) is 5.78 Å². The molecule has 76 valence electrons. The Morgan fingerprint density at radius 1 is 1.43 bits per heavy atom. The smallest absolute Gasteiger partial charge is 0.165 e. The standard InChI is InChI=1S/C10H13ClN2O/c11-8-4-1-3-7(10(8)13)9(14)5-2-6-12/h1,3-4H,2,5-6,12-13H2. The fourth-order valence-corrected chi connectivity index (χ4v) is 1.35. The number of nitrogens with two attached hydrogens (primary N) is 2. The molecule has 0 spiro atoms. The summed E-state index contributed by atoms with van der Waals surface area (Å²) < 4.78 is 0. The topological polar surface area (TPSA) is 69.1 Å². The molecule has 0 aliphatic carbocycles. The highest BCUT2D eigenvalue weighted by molar-refractivity contribution is 6.34. The molecule has 4 heteroatoms. The first kappa shape index (κ1) is 11.0. The van der Waals surface area contributed by atoms with E-state index in [1.807, 2.05) is 0 Å². The lowest BCUT2D eigenvalue weighted by molar-refractivity contribution is 0.0981. The van der Waals surface area contributed by atoms with Crippen molar-refractivity contribution >= 4 is 23.1 Å². The zero-order chi connectivity index (χ0) is 10.6. The average molecular weight is 213 g/mol. The van der Waals surface area contributed by atoms with Crippen LogP contribution in [0.3, 0.4) is 0 Å². The normalized spacial score (nSPS) is 10.1. The number of carbonyl (C=O) groups is 1. The summed E-state index contributed by atoms with van der Waals surface area (Å²) in [4.78, 5) is 11.6. The molecule has 0 radical (unpaired) electrons. The highest BCUT2D eigenvalue weighted by atomic mass is 35.5. The van der Waals surface area contributed by atoms with Gasteiger partial charge in [-0.15, -0.1) is 0 Å². The third-order valence-electron chi connectivity index (χ3n) is 1.96. The number of halogens is 1. The molecule has 0 aromatic heterocycles. The van der Waals surface area contributed by atoms with Crippen LogP contribution in [0.5, 0.6) is 0 Å². The van der Waals surface area contributed by atoms with E-state index in [0.29, 0.717) is 35.7 Å². The second-order valence-electron chi connectivity index (χ2n) is 3.02. The molecule has 0 saturated carbocycles. The number of anilines is 1. The number of nitrogen functional groups attached to an aromatic ring is 1. The number of ketones is 1. The molecule has 4 N–H and O–H groups in total. The lowest BCUT2D eigenvalue weighted by Gasteiger charge is -2.05. The molecule has 0 bridgehead atoms. The number of benzene rings is 1. The molecule has 1 aromatic rings. The minimum atomic E-state index is -0.00421. The van der Waals surface area contributed by atoms with E-state index in [2.05, 4.69) is 0 Å². The van der Waals surface area contributed by atoms with Gasteiger partial charge in [-0.05, 0) is 25.1 Å². The highest BCUT2D eigenvalue weighted by Crippen LogP contribution is 2.23. The Morgan fingerprint density at radius 3 is 2.79 bits per heavy atom. The summed E-state index contributed by atoms with van der Waals surface area (Å²) in [6, 6.07) is 5.06. The largest absolute Gasteiger partial charge is 0.397 e. The number of rotatable bonds is 4. The fourth-order valence-electron chi connectivity index (χ4n) is 1.18. The van der Waals surface area contributed by atoms with E-state index in [0.717, 1.165) is 0 Å². The molecular weight excluding hydrogens is 200 g/mol. The van der Waals surface area contributed by atoms with Crippen molar-refractivity contribution in [3.05, 3.63) is 28.8 Å². The molecule has 0 unspecified atom stereocenters. The van der Waals surface area contributed by atoms with Crippen molar-refractivity contribution in [3.63, 3.8) is 0 Å². The third kappa shape index (κ3) is 2.47. The molecule has 0 heterocycles. The Labute approximate surface area is 88.0 Å². The Hall–Kier alpha value is -1.06. The van der Waals surface area contributed by atoms with Gasteiger partial charge in [-0.2, -0.15) is 0 Å². The third-order valence-corrected chi connectivity index (χ3v) is 2.29. The Balaban J connectivity index is 2.84. The van der Waals surface area contributed by atoms with Crippen LogP contribution < -0.4 is 11.5 Å². The van der Waals surface area contributed by atoms with Gasteiger partial charge in [0.1, 0.15) is 0 Å². The second-order valence-corrected chi connectivity index (χ2v) is 3.42. The van der Waals surface area contributed by atoms with E-state index in [1.54, 1.807) is 18.2 Å². The van der Waals surface area contributed by atoms with Crippen LogP contribution in [0.1, 0.15) is 23.2 Å². The Morgan fingerprint density at radius 2 is 2.14 bits per heavy atom. The van der Waals surface area contributed by atoms with Gasteiger partial charge < -0.3 is 11.5 Å². The van der Waals surface area contributed by atoms with Crippen molar-refractivity contribution in [1.82, 2.24) is 0 Å². The summed E-state index contributed by atoms with van der Waals surface area (Å²) in [5.74, 6) is -0.00421. The lowest BCUT2D eigenvalue weighted by atomic mass is 10.0. The monoisotopic (exact) mass is 212 g/mol. The number of hydrogen-bond donors (Lipinski definition) is 2. The molecule has 0 aliphatic rings. The van der Waals surface area contributed by atoms with E-state index in [4.69, 9.17) is 23.1 Å². The molecular formula is C10H13ClN2O. The van der Waals surface area contributed by atoms with Crippen LogP contribution in [-0.2, 0) is 0 Å². The summed E-state index contributed by atoms with van der Waals surface area (Å²) in [6.45, 7) is 0.506. The minimum Gasteiger partial charge on any atom is -0.397 e. The Kier molecular flexibility index (Phi) is 3.92. The van der Waals surface area contributed by atoms with Crippen LogP contribution in [0.4, 0.5) is 5.69 Å². The van der Waals surface area contributed by atoms with Gasteiger partial charge in [-0.25, -0.2) is 0 Å². The lowest BCUT2D eigenvalue weighted by Crippen LogP contribution is -2.07. The van der Waals surface area contributed by atoms with Gasteiger partial charge >= 0.3 is 0 Å². The summed E-state index contributed by atoms with van der Waals surface area (Å²) in [5.41, 5.74) is 11.8. The molecule has 14 heavy (non-hydrogen) atoms. The zero-order valence-corrected chi connectivity index (χ0v) is 8.55. The minimum absolute atomic E-state index is 0.00421. The van der Waals surface area contributed by atoms with Gasteiger partial charge in [0.05, 0.1) is 10.7 Å². The van der Waals surface area contributed by atoms with Crippen molar-refractivity contribution < 1.29 is 4.79 Å². The number of hydrogen-bond acceptors (Lipinski definition) is 3. The predicted molar refractivity (Wildman–Crippen MR) is 58.5 cm³/mol. The van der Waals surface area contributed by atoms with Crippen LogP contribution in [0.2, 0.25) is 5.02 Å². The van der Waals surface area contributed by atoms with Gasteiger partial charge in [0.25, 0.3) is 0 Å². The molecule has 0 aliphatic heterocycles. The molecule has 3 nitrogen and oxygen atoms in total.